The largest absolute Gasteiger partial charge is 0.481 e. The van der Waals surface area contributed by atoms with Gasteiger partial charge < -0.3 is 5.11 Å². The zero-order chi connectivity index (χ0) is 17.9. The number of carbonyl (C=O) groups is 3. The Morgan fingerprint density at radius 2 is 1.75 bits per heavy atom. The van der Waals surface area contributed by atoms with E-state index >= 15 is 0 Å². The van der Waals surface area contributed by atoms with Crippen LogP contribution in [0.2, 0.25) is 0 Å². The molecular formula is C20H30O4. The van der Waals surface area contributed by atoms with Crippen molar-refractivity contribution in [2.24, 2.45) is 34.0 Å². The molecule has 3 saturated carbocycles. The molecule has 0 spiro atoms. The van der Waals surface area contributed by atoms with Gasteiger partial charge >= 0.3 is 5.97 Å². The van der Waals surface area contributed by atoms with Crippen LogP contribution in [0.3, 0.4) is 0 Å². The van der Waals surface area contributed by atoms with E-state index in [9.17, 15) is 14.4 Å². The van der Waals surface area contributed by atoms with Gasteiger partial charge in [-0.2, -0.15) is 0 Å². The second kappa shape index (κ2) is 5.40. The summed E-state index contributed by atoms with van der Waals surface area (Å²) in [5.74, 6) is -1.09. The van der Waals surface area contributed by atoms with Crippen LogP contribution in [0.1, 0.15) is 72.6 Å². The maximum atomic E-state index is 13.1. The van der Waals surface area contributed by atoms with Gasteiger partial charge in [-0.1, -0.05) is 27.2 Å². The van der Waals surface area contributed by atoms with Crippen LogP contribution in [0.5, 0.6) is 0 Å². The first kappa shape index (κ1) is 17.6. The third-order valence-electron chi connectivity index (χ3n) is 7.85. The predicted molar refractivity (Wildman–Crippen MR) is 90.4 cm³/mol. The van der Waals surface area contributed by atoms with Crippen molar-refractivity contribution in [2.45, 2.75) is 72.6 Å². The van der Waals surface area contributed by atoms with Gasteiger partial charge in [0.2, 0.25) is 0 Å². The maximum Gasteiger partial charge on any atom is 0.304 e. The van der Waals surface area contributed by atoms with Crippen LogP contribution in [0.25, 0.3) is 0 Å². The number of carbonyl (C=O) groups excluding carboxylic acids is 2. The topological polar surface area (TPSA) is 71.4 Å². The summed E-state index contributed by atoms with van der Waals surface area (Å²) in [4.78, 5) is 37.3. The monoisotopic (exact) mass is 334 g/mol. The lowest BCUT2D eigenvalue weighted by atomic mass is 9.40. The van der Waals surface area contributed by atoms with E-state index in [1.165, 1.54) is 0 Å². The van der Waals surface area contributed by atoms with Gasteiger partial charge in [-0.3, -0.25) is 14.4 Å². The van der Waals surface area contributed by atoms with Gasteiger partial charge in [0.05, 0.1) is 11.8 Å². The standard InChI is InChI=1S/C20H30O4/c1-18(2)8-5-9-19(3)13-7-6-12(10-16(22)23)17(24)20(13,4)15(21)11-14(18)19/h12-14H,5-11H2,1-4H3,(H,22,23)/t12?,13-,14+,19-,20-/m1/s1. The molecule has 134 valence electrons. The summed E-state index contributed by atoms with van der Waals surface area (Å²) in [5, 5.41) is 9.10. The molecular weight excluding hydrogens is 304 g/mol. The second-order valence-electron chi connectivity index (χ2n) is 9.52. The van der Waals surface area contributed by atoms with Crippen molar-refractivity contribution < 1.29 is 19.5 Å². The fourth-order valence-electron chi connectivity index (χ4n) is 6.60. The maximum absolute atomic E-state index is 13.1. The number of ketones is 2. The number of aliphatic carboxylic acids is 1. The van der Waals surface area contributed by atoms with Gasteiger partial charge in [-0.05, 0) is 55.3 Å². The number of carboxylic acids is 1. The summed E-state index contributed by atoms with van der Waals surface area (Å²) in [7, 11) is 0. The highest BCUT2D eigenvalue weighted by molar-refractivity contribution is 6.09. The minimum Gasteiger partial charge on any atom is -0.481 e. The highest BCUT2D eigenvalue weighted by Gasteiger charge is 2.65. The van der Waals surface area contributed by atoms with Crippen molar-refractivity contribution >= 4 is 17.5 Å². The molecule has 0 saturated heterocycles. The van der Waals surface area contributed by atoms with Crippen LogP contribution in [0, 0.1) is 34.0 Å². The van der Waals surface area contributed by atoms with E-state index in [4.69, 9.17) is 5.11 Å². The van der Waals surface area contributed by atoms with Crippen LogP contribution in [-0.4, -0.2) is 22.6 Å². The lowest BCUT2D eigenvalue weighted by molar-refractivity contribution is -0.179. The first-order chi connectivity index (χ1) is 11.0. The summed E-state index contributed by atoms with van der Waals surface area (Å²) in [6, 6.07) is 0. The van der Waals surface area contributed by atoms with Crippen molar-refractivity contribution in [3.63, 3.8) is 0 Å². The molecule has 3 fully saturated rings. The number of hydrogen-bond donors (Lipinski definition) is 1. The third-order valence-corrected chi connectivity index (χ3v) is 7.85. The molecule has 3 aliphatic carbocycles. The molecule has 0 aromatic rings. The van der Waals surface area contributed by atoms with Crippen LogP contribution < -0.4 is 0 Å². The zero-order valence-corrected chi connectivity index (χ0v) is 15.4. The van der Waals surface area contributed by atoms with E-state index in [0.29, 0.717) is 18.8 Å². The van der Waals surface area contributed by atoms with E-state index in [1.807, 2.05) is 6.92 Å². The molecule has 5 atom stereocenters. The van der Waals surface area contributed by atoms with Gasteiger partial charge in [-0.15, -0.1) is 0 Å². The van der Waals surface area contributed by atoms with Crippen LogP contribution in [0.4, 0.5) is 0 Å². The smallest absolute Gasteiger partial charge is 0.304 e. The molecule has 0 aromatic heterocycles. The summed E-state index contributed by atoms with van der Waals surface area (Å²) >= 11 is 0. The molecule has 0 heterocycles. The number of Topliss-reactive ketones (excluding diaryl/α,β-unsaturated/α-hetero) is 2. The number of fused-ring (bicyclic) bond motifs is 3. The lowest BCUT2D eigenvalue weighted by Crippen LogP contribution is -2.63. The zero-order valence-electron chi connectivity index (χ0n) is 15.4. The number of rotatable bonds is 2. The summed E-state index contributed by atoms with van der Waals surface area (Å²) in [5.41, 5.74) is -0.837. The Morgan fingerprint density at radius 1 is 1.08 bits per heavy atom. The van der Waals surface area contributed by atoms with Gasteiger partial charge in [0.1, 0.15) is 11.6 Å². The van der Waals surface area contributed by atoms with E-state index in [1.54, 1.807) is 0 Å². The summed E-state index contributed by atoms with van der Waals surface area (Å²) in [6.45, 7) is 8.64. The van der Waals surface area contributed by atoms with Crippen molar-refractivity contribution in [3.05, 3.63) is 0 Å². The van der Waals surface area contributed by atoms with Crippen molar-refractivity contribution in [1.29, 1.82) is 0 Å². The number of hydrogen-bond acceptors (Lipinski definition) is 3. The van der Waals surface area contributed by atoms with Gasteiger partial charge in [-0.25, -0.2) is 0 Å². The predicted octanol–water partition coefficient (Wildman–Crippen LogP) is 3.87. The summed E-state index contributed by atoms with van der Waals surface area (Å²) < 4.78 is 0. The third kappa shape index (κ3) is 2.28. The Labute approximate surface area is 144 Å². The molecule has 3 aliphatic rings. The SMILES string of the molecule is CC1(C)CCC[C@@]2(C)[C@H]1CC(=O)[C@]1(C)C(=O)C(CC(=O)O)CC[C@@H]12. The van der Waals surface area contributed by atoms with Crippen molar-refractivity contribution in [2.75, 3.05) is 0 Å². The van der Waals surface area contributed by atoms with E-state index < -0.39 is 17.3 Å². The van der Waals surface area contributed by atoms with Crippen molar-refractivity contribution in [1.82, 2.24) is 0 Å². The fourth-order valence-corrected chi connectivity index (χ4v) is 6.60. The van der Waals surface area contributed by atoms with Crippen LogP contribution >= 0.6 is 0 Å². The van der Waals surface area contributed by atoms with Crippen LogP contribution in [0.15, 0.2) is 0 Å². The first-order valence-corrected chi connectivity index (χ1v) is 9.33. The van der Waals surface area contributed by atoms with Gasteiger partial charge in [0.25, 0.3) is 0 Å². The molecule has 0 radical (unpaired) electrons. The molecule has 0 bridgehead atoms. The molecule has 0 aliphatic heterocycles. The molecule has 24 heavy (non-hydrogen) atoms. The number of carboxylic acid groups (broad SMARTS) is 1. The van der Waals surface area contributed by atoms with E-state index in [2.05, 4.69) is 20.8 Å². The minimum absolute atomic E-state index is 0.00820. The van der Waals surface area contributed by atoms with Crippen molar-refractivity contribution in [3.8, 4) is 0 Å². The average Bonchev–Trinajstić information content (AvgIpc) is 2.46. The summed E-state index contributed by atoms with van der Waals surface area (Å²) in [6.07, 6.45) is 5.11. The molecule has 3 rings (SSSR count). The molecule has 4 nitrogen and oxygen atoms in total. The van der Waals surface area contributed by atoms with Crippen LogP contribution in [-0.2, 0) is 14.4 Å². The Bertz CT molecular complexity index is 592. The molecule has 1 N–H and O–H groups in total. The quantitative estimate of drug-likeness (QED) is 0.778. The van der Waals surface area contributed by atoms with Gasteiger partial charge in [0.15, 0.2) is 0 Å². The first-order valence-electron chi connectivity index (χ1n) is 9.33. The Morgan fingerprint density at radius 3 is 2.38 bits per heavy atom. The molecule has 0 aromatic carbocycles. The molecule has 1 unspecified atom stereocenters. The molecule has 4 heteroatoms. The minimum atomic E-state index is -0.975. The average molecular weight is 334 g/mol. The lowest BCUT2D eigenvalue weighted by Gasteiger charge is -2.63. The Hall–Kier alpha value is -1.19. The highest BCUT2D eigenvalue weighted by atomic mass is 16.4. The second-order valence-corrected chi connectivity index (χ2v) is 9.52. The molecule has 0 amide bonds. The highest BCUT2D eigenvalue weighted by Crippen LogP contribution is 2.66. The van der Waals surface area contributed by atoms with Gasteiger partial charge in [0, 0.05) is 12.3 Å². The van der Waals surface area contributed by atoms with E-state index in [-0.39, 0.29) is 34.7 Å². The fraction of sp³-hybridized carbons (Fsp3) is 0.850. The van der Waals surface area contributed by atoms with E-state index in [0.717, 1.165) is 25.7 Å². The Balaban J connectivity index is 2.00. The Kier molecular flexibility index (Phi) is 3.97. The normalized spacial score (nSPS) is 44.6.